The maximum Gasteiger partial charge on any atom is 0.226 e. The van der Waals surface area contributed by atoms with Gasteiger partial charge >= 0.3 is 0 Å². The average Bonchev–Trinajstić information content (AvgIpc) is 2.65. The molecule has 5 nitrogen and oxygen atoms in total. The lowest BCUT2D eigenvalue weighted by molar-refractivity contribution is -0.115. The number of nitrogens with zero attached hydrogens (tertiary/aromatic N) is 2. The molecule has 3 rings (SSSR count). The summed E-state index contributed by atoms with van der Waals surface area (Å²) in [5.41, 5.74) is 2.79. The molecule has 0 bridgehead atoms. The van der Waals surface area contributed by atoms with Crippen molar-refractivity contribution in [2.24, 2.45) is 0 Å². The van der Waals surface area contributed by atoms with Crippen molar-refractivity contribution in [2.45, 2.75) is 6.42 Å². The Kier molecular flexibility index (Phi) is 6.07. The van der Waals surface area contributed by atoms with Gasteiger partial charge in [0, 0.05) is 56.2 Å². The van der Waals surface area contributed by atoms with Crippen LogP contribution in [0, 0.1) is 5.82 Å². The minimum Gasteiger partial charge on any atom is -0.385 e. The summed E-state index contributed by atoms with van der Waals surface area (Å²) < 4.78 is 12.8. The van der Waals surface area contributed by atoms with Crippen LogP contribution in [0.15, 0.2) is 48.5 Å². The Morgan fingerprint density at radius 1 is 0.962 bits per heavy atom. The molecule has 1 amide bonds. The molecular formula is C20H25FN4O. The molecule has 1 saturated heterocycles. The lowest BCUT2D eigenvalue weighted by Crippen LogP contribution is -2.44. The zero-order valence-electron chi connectivity index (χ0n) is 15.0. The van der Waals surface area contributed by atoms with Crippen molar-refractivity contribution in [3.63, 3.8) is 0 Å². The molecule has 0 spiro atoms. The van der Waals surface area contributed by atoms with Gasteiger partial charge in [-0.2, -0.15) is 0 Å². The fraction of sp³-hybridized carbons (Fsp3) is 0.350. The minimum atomic E-state index is -0.270. The van der Waals surface area contributed by atoms with Crippen molar-refractivity contribution in [1.82, 2.24) is 4.90 Å². The fourth-order valence-corrected chi connectivity index (χ4v) is 2.93. The Morgan fingerprint density at radius 3 is 2.23 bits per heavy atom. The molecule has 6 heteroatoms. The minimum absolute atomic E-state index is 0.0491. The van der Waals surface area contributed by atoms with E-state index >= 15 is 0 Å². The molecule has 0 atom stereocenters. The molecule has 0 aliphatic carbocycles. The van der Waals surface area contributed by atoms with Crippen LogP contribution in [0.2, 0.25) is 0 Å². The summed E-state index contributed by atoms with van der Waals surface area (Å²) in [6, 6.07) is 14.1. The van der Waals surface area contributed by atoms with Crippen molar-refractivity contribution in [2.75, 3.05) is 55.3 Å². The van der Waals surface area contributed by atoms with E-state index in [0.717, 1.165) is 37.6 Å². The summed E-state index contributed by atoms with van der Waals surface area (Å²) in [5.74, 6) is -0.319. The Balaban J connectivity index is 1.43. The van der Waals surface area contributed by atoms with Gasteiger partial charge in [-0.3, -0.25) is 4.79 Å². The normalized spacial score (nSPS) is 14.9. The molecule has 0 unspecified atom stereocenters. The van der Waals surface area contributed by atoms with Crippen LogP contribution in [-0.2, 0) is 4.79 Å². The number of likely N-dealkylation sites (N-methyl/N-ethyl adjacent to an activating group) is 1. The van der Waals surface area contributed by atoms with Crippen molar-refractivity contribution in [1.29, 1.82) is 0 Å². The number of benzene rings is 2. The Morgan fingerprint density at radius 2 is 1.58 bits per heavy atom. The number of carbonyl (C=O) groups excluding carboxylic acids is 1. The highest BCUT2D eigenvalue weighted by molar-refractivity contribution is 5.91. The molecule has 26 heavy (non-hydrogen) atoms. The molecule has 1 fully saturated rings. The van der Waals surface area contributed by atoms with Gasteiger partial charge in [-0.05, 0) is 55.6 Å². The third-order valence-electron chi connectivity index (χ3n) is 4.54. The third kappa shape index (κ3) is 5.20. The summed E-state index contributed by atoms with van der Waals surface area (Å²) in [4.78, 5) is 16.7. The molecule has 2 aromatic rings. The molecule has 2 N–H and O–H groups in total. The number of anilines is 3. The summed E-state index contributed by atoms with van der Waals surface area (Å²) in [5, 5.41) is 6.01. The number of rotatable bonds is 6. The van der Waals surface area contributed by atoms with Gasteiger partial charge in [0.2, 0.25) is 5.91 Å². The number of piperazine rings is 1. The quantitative estimate of drug-likeness (QED) is 0.835. The summed E-state index contributed by atoms with van der Waals surface area (Å²) in [7, 11) is 2.14. The SMILES string of the molecule is CN1CCN(c2ccc(NC(=O)CCNc3ccc(F)cc3)cc2)CC1. The molecule has 1 aliphatic rings. The first-order valence-corrected chi connectivity index (χ1v) is 8.93. The number of halogens is 1. The fourth-order valence-electron chi connectivity index (χ4n) is 2.93. The van der Waals surface area contributed by atoms with Crippen LogP contribution in [-0.4, -0.2) is 50.6 Å². The molecule has 0 aromatic heterocycles. The van der Waals surface area contributed by atoms with Crippen LogP contribution < -0.4 is 15.5 Å². The molecule has 138 valence electrons. The van der Waals surface area contributed by atoms with Gasteiger partial charge in [-0.1, -0.05) is 0 Å². The number of carbonyl (C=O) groups is 1. The smallest absolute Gasteiger partial charge is 0.226 e. The predicted molar refractivity (Wildman–Crippen MR) is 104 cm³/mol. The maximum atomic E-state index is 12.8. The van der Waals surface area contributed by atoms with Crippen molar-refractivity contribution in [3.05, 3.63) is 54.3 Å². The van der Waals surface area contributed by atoms with E-state index in [-0.39, 0.29) is 11.7 Å². The van der Waals surface area contributed by atoms with Crippen LogP contribution >= 0.6 is 0 Å². The monoisotopic (exact) mass is 356 g/mol. The number of hydrogen-bond donors (Lipinski definition) is 2. The lowest BCUT2D eigenvalue weighted by atomic mass is 10.2. The van der Waals surface area contributed by atoms with E-state index in [0.29, 0.717) is 13.0 Å². The number of amides is 1. The first-order valence-electron chi connectivity index (χ1n) is 8.93. The van der Waals surface area contributed by atoms with Crippen molar-refractivity contribution < 1.29 is 9.18 Å². The Labute approximate surface area is 153 Å². The van der Waals surface area contributed by atoms with E-state index < -0.39 is 0 Å². The number of hydrogen-bond acceptors (Lipinski definition) is 4. The van der Waals surface area contributed by atoms with Crippen LogP contribution in [0.1, 0.15) is 6.42 Å². The van der Waals surface area contributed by atoms with E-state index in [1.165, 1.54) is 17.8 Å². The molecular weight excluding hydrogens is 331 g/mol. The van der Waals surface area contributed by atoms with Gasteiger partial charge in [0.15, 0.2) is 0 Å². The highest BCUT2D eigenvalue weighted by Gasteiger charge is 2.14. The molecule has 2 aromatic carbocycles. The highest BCUT2D eigenvalue weighted by atomic mass is 19.1. The summed E-state index contributed by atoms with van der Waals surface area (Å²) in [6.45, 7) is 4.68. The van der Waals surface area contributed by atoms with Crippen LogP contribution in [0.3, 0.4) is 0 Å². The van der Waals surface area contributed by atoms with Crippen molar-refractivity contribution in [3.8, 4) is 0 Å². The van der Waals surface area contributed by atoms with E-state index in [1.54, 1.807) is 12.1 Å². The molecule has 1 aliphatic heterocycles. The number of nitrogens with one attached hydrogen (secondary N) is 2. The van der Waals surface area contributed by atoms with E-state index in [1.807, 2.05) is 12.1 Å². The van der Waals surface area contributed by atoms with Gasteiger partial charge < -0.3 is 20.4 Å². The second kappa shape index (κ2) is 8.67. The van der Waals surface area contributed by atoms with Crippen LogP contribution in [0.25, 0.3) is 0 Å². The standard InChI is InChI=1S/C20H25FN4O/c1-24-12-14-25(15-13-24)19-8-6-18(7-9-19)23-20(26)10-11-22-17-4-2-16(21)3-5-17/h2-9,22H,10-15H2,1H3,(H,23,26). The Hall–Kier alpha value is -2.60. The zero-order chi connectivity index (χ0) is 18.4. The van der Waals surface area contributed by atoms with E-state index in [4.69, 9.17) is 0 Å². The summed E-state index contributed by atoms with van der Waals surface area (Å²) >= 11 is 0. The van der Waals surface area contributed by atoms with Gasteiger partial charge in [0.05, 0.1) is 0 Å². The first kappa shape index (κ1) is 18.2. The van der Waals surface area contributed by atoms with E-state index in [9.17, 15) is 9.18 Å². The Bertz CT molecular complexity index is 710. The average molecular weight is 356 g/mol. The first-order chi connectivity index (χ1) is 12.6. The van der Waals surface area contributed by atoms with Crippen LogP contribution in [0.4, 0.5) is 21.5 Å². The van der Waals surface area contributed by atoms with Crippen molar-refractivity contribution >= 4 is 23.0 Å². The molecule has 1 heterocycles. The van der Waals surface area contributed by atoms with Gasteiger partial charge in [-0.25, -0.2) is 4.39 Å². The molecule has 0 radical (unpaired) electrons. The second-order valence-electron chi connectivity index (χ2n) is 6.57. The lowest BCUT2D eigenvalue weighted by Gasteiger charge is -2.34. The summed E-state index contributed by atoms with van der Waals surface area (Å²) in [6.07, 6.45) is 0.345. The third-order valence-corrected chi connectivity index (χ3v) is 4.54. The van der Waals surface area contributed by atoms with E-state index in [2.05, 4.69) is 39.6 Å². The maximum absolute atomic E-state index is 12.8. The van der Waals surface area contributed by atoms with Crippen LogP contribution in [0.5, 0.6) is 0 Å². The van der Waals surface area contributed by atoms with Gasteiger partial charge in [-0.15, -0.1) is 0 Å². The zero-order valence-corrected chi connectivity index (χ0v) is 15.0. The predicted octanol–water partition coefficient (Wildman–Crippen LogP) is 3.02. The second-order valence-corrected chi connectivity index (χ2v) is 6.57. The van der Waals surface area contributed by atoms with Gasteiger partial charge in [0.1, 0.15) is 5.82 Å². The molecule has 0 saturated carbocycles. The largest absolute Gasteiger partial charge is 0.385 e. The topological polar surface area (TPSA) is 47.6 Å². The van der Waals surface area contributed by atoms with Gasteiger partial charge in [0.25, 0.3) is 0 Å². The highest BCUT2D eigenvalue weighted by Crippen LogP contribution is 2.19.